The van der Waals surface area contributed by atoms with Crippen LogP contribution in [0.3, 0.4) is 0 Å². The van der Waals surface area contributed by atoms with Crippen LogP contribution in [0.5, 0.6) is 5.75 Å². The molecule has 0 spiro atoms. The summed E-state index contributed by atoms with van der Waals surface area (Å²) in [6.07, 6.45) is 0. The van der Waals surface area contributed by atoms with Crippen molar-refractivity contribution in [2.75, 3.05) is 18.5 Å². The molecule has 132 valence electrons. The van der Waals surface area contributed by atoms with Crippen molar-refractivity contribution in [3.63, 3.8) is 0 Å². The first-order valence-electron chi connectivity index (χ1n) is 8.32. The van der Waals surface area contributed by atoms with Gasteiger partial charge in [0.15, 0.2) is 6.61 Å². The van der Waals surface area contributed by atoms with E-state index in [1.54, 1.807) is 30.3 Å². The fourth-order valence-corrected chi connectivity index (χ4v) is 2.22. The highest BCUT2D eigenvalue weighted by Crippen LogP contribution is 2.16. The van der Waals surface area contributed by atoms with Gasteiger partial charge in [-0.2, -0.15) is 0 Å². The van der Waals surface area contributed by atoms with Gasteiger partial charge in [-0.25, -0.2) is 0 Å². The van der Waals surface area contributed by atoms with E-state index in [0.717, 1.165) is 5.56 Å². The number of nitrogens with one attached hydrogen (secondary N) is 2. The van der Waals surface area contributed by atoms with Crippen molar-refractivity contribution in [3.8, 4) is 5.75 Å². The van der Waals surface area contributed by atoms with Crippen LogP contribution < -0.4 is 15.4 Å². The van der Waals surface area contributed by atoms with Gasteiger partial charge in [-0.1, -0.05) is 38.1 Å². The number of amides is 2. The largest absolute Gasteiger partial charge is 0.484 e. The molecule has 0 aliphatic carbocycles. The number of ether oxygens (including phenoxy) is 1. The Balaban J connectivity index is 1.97. The molecule has 0 aliphatic rings. The van der Waals surface area contributed by atoms with Crippen molar-refractivity contribution < 1.29 is 14.3 Å². The van der Waals surface area contributed by atoms with Gasteiger partial charge in [-0.05, 0) is 42.7 Å². The van der Waals surface area contributed by atoms with E-state index in [4.69, 9.17) is 4.74 Å². The van der Waals surface area contributed by atoms with Gasteiger partial charge in [0, 0.05) is 6.54 Å². The molecule has 5 nitrogen and oxygen atoms in total. The van der Waals surface area contributed by atoms with Gasteiger partial charge >= 0.3 is 0 Å². The van der Waals surface area contributed by atoms with Crippen LogP contribution in [0, 0.1) is 12.8 Å². The molecule has 0 radical (unpaired) electrons. The number of anilines is 1. The first-order chi connectivity index (χ1) is 12.0. The topological polar surface area (TPSA) is 67.4 Å². The predicted octanol–water partition coefficient (Wildman–Crippen LogP) is 3.40. The molecule has 2 rings (SSSR count). The molecular weight excluding hydrogens is 316 g/mol. The molecule has 2 aromatic rings. The van der Waals surface area contributed by atoms with Crippen LogP contribution in [-0.4, -0.2) is 25.0 Å². The molecule has 2 amide bonds. The average Bonchev–Trinajstić information content (AvgIpc) is 2.58. The minimum Gasteiger partial charge on any atom is -0.484 e. The molecule has 0 unspecified atom stereocenters. The van der Waals surface area contributed by atoms with Crippen LogP contribution in [0.15, 0.2) is 48.5 Å². The smallest absolute Gasteiger partial charge is 0.262 e. The standard InChI is InChI=1S/C20H24N2O3/c1-14(2)12-21-20(24)17-9-4-5-10-18(17)22-19(23)13-25-16-8-6-7-15(3)11-16/h4-11,14H,12-13H2,1-3H3,(H,21,24)(H,22,23). The first-order valence-corrected chi connectivity index (χ1v) is 8.32. The lowest BCUT2D eigenvalue weighted by molar-refractivity contribution is -0.118. The normalized spacial score (nSPS) is 10.4. The zero-order chi connectivity index (χ0) is 18.2. The average molecular weight is 340 g/mol. The van der Waals surface area contributed by atoms with Gasteiger partial charge in [-0.15, -0.1) is 0 Å². The van der Waals surface area contributed by atoms with Crippen molar-refractivity contribution in [1.82, 2.24) is 5.32 Å². The Bertz CT molecular complexity index is 741. The lowest BCUT2D eigenvalue weighted by Crippen LogP contribution is -2.29. The second-order valence-electron chi connectivity index (χ2n) is 6.30. The Morgan fingerprint density at radius 2 is 1.84 bits per heavy atom. The molecule has 0 heterocycles. The summed E-state index contributed by atoms with van der Waals surface area (Å²) in [5.41, 5.74) is 1.97. The Labute approximate surface area is 148 Å². The maximum Gasteiger partial charge on any atom is 0.262 e. The highest BCUT2D eigenvalue weighted by Gasteiger charge is 2.13. The van der Waals surface area contributed by atoms with Gasteiger partial charge in [0.05, 0.1) is 11.3 Å². The minimum absolute atomic E-state index is 0.120. The van der Waals surface area contributed by atoms with Crippen LogP contribution in [0.25, 0.3) is 0 Å². The number of para-hydroxylation sites is 1. The molecule has 2 aromatic carbocycles. The second-order valence-corrected chi connectivity index (χ2v) is 6.30. The third-order valence-corrected chi connectivity index (χ3v) is 3.48. The fourth-order valence-electron chi connectivity index (χ4n) is 2.22. The molecule has 0 fully saturated rings. The summed E-state index contributed by atoms with van der Waals surface area (Å²) in [6, 6.07) is 14.4. The van der Waals surface area contributed by atoms with E-state index in [1.165, 1.54) is 0 Å². The van der Waals surface area contributed by atoms with E-state index in [-0.39, 0.29) is 18.4 Å². The first kappa shape index (κ1) is 18.5. The van der Waals surface area contributed by atoms with E-state index in [0.29, 0.717) is 29.5 Å². The maximum absolute atomic E-state index is 12.3. The van der Waals surface area contributed by atoms with Crippen molar-refractivity contribution in [2.24, 2.45) is 5.92 Å². The zero-order valence-corrected chi connectivity index (χ0v) is 14.8. The van der Waals surface area contributed by atoms with Gasteiger partial charge in [-0.3, -0.25) is 9.59 Å². The number of hydrogen-bond donors (Lipinski definition) is 2. The molecule has 0 saturated carbocycles. The third kappa shape index (κ3) is 5.95. The highest BCUT2D eigenvalue weighted by atomic mass is 16.5. The lowest BCUT2D eigenvalue weighted by atomic mass is 10.1. The predicted molar refractivity (Wildman–Crippen MR) is 98.9 cm³/mol. The number of hydrogen-bond acceptors (Lipinski definition) is 3. The number of carbonyl (C=O) groups excluding carboxylic acids is 2. The summed E-state index contributed by atoms with van der Waals surface area (Å²) in [6.45, 7) is 6.47. The van der Waals surface area contributed by atoms with E-state index in [1.807, 2.05) is 39.0 Å². The Morgan fingerprint density at radius 3 is 2.56 bits per heavy atom. The number of benzene rings is 2. The summed E-state index contributed by atoms with van der Waals surface area (Å²) < 4.78 is 5.49. The lowest BCUT2D eigenvalue weighted by Gasteiger charge is -2.13. The SMILES string of the molecule is Cc1cccc(OCC(=O)Nc2ccccc2C(=O)NCC(C)C)c1. The second kappa shape index (κ2) is 8.87. The maximum atomic E-state index is 12.3. The van der Waals surface area contributed by atoms with E-state index in [2.05, 4.69) is 10.6 Å². The van der Waals surface area contributed by atoms with Gasteiger partial charge in [0.25, 0.3) is 11.8 Å². The van der Waals surface area contributed by atoms with E-state index >= 15 is 0 Å². The number of carbonyl (C=O) groups is 2. The number of rotatable bonds is 7. The third-order valence-electron chi connectivity index (χ3n) is 3.48. The summed E-state index contributed by atoms with van der Waals surface area (Å²) in [5, 5.41) is 5.59. The summed E-state index contributed by atoms with van der Waals surface area (Å²) in [7, 11) is 0. The Morgan fingerprint density at radius 1 is 1.08 bits per heavy atom. The number of aryl methyl sites for hydroxylation is 1. The van der Waals surface area contributed by atoms with Crippen molar-refractivity contribution >= 4 is 17.5 Å². The molecular formula is C20H24N2O3. The van der Waals surface area contributed by atoms with Crippen molar-refractivity contribution in [2.45, 2.75) is 20.8 Å². The van der Waals surface area contributed by atoms with E-state index in [9.17, 15) is 9.59 Å². The van der Waals surface area contributed by atoms with Gasteiger partial charge in [0.2, 0.25) is 0 Å². The minimum atomic E-state index is -0.314. The van der Waals surface area contributed by atoms with E-state index < -0.39 is 0 Å². The van der Waals surface area contributed by atoms with Gasteiger partial charge in [0.1, 0.15) is 5.75 Å². The van der Waals surface area contributed by atoms with Gasteiger partial charge < -0.3 is 15.4 Å². The molecule has 0 bridgehead atoms. The molecule has 0 saturated heterocycles. The van der Waals surface area contributed by atoms with Crippen LogP contribution in [-0.2, 0) is 4.79 Å². The summed E-state index contributed by atoms with van der Waals surface area (Å²) in [4.78, 5) is 24.4. The molecule has 25 heavy (non-hydrogen) atoms. The molecule has 0 aromatic heterocycles. The molecule has 5 heteroatoms. The Kier molecular flexibility index (Phi) is 6.57. The fraction of sp³-hybridized carbons (Fsp3) is 0.300. The van der Waals surface area contributed by atoms with Crippen LogP contribution in [0.1, 0.15) is 29.8 Å². The van der Waals surface area contributed by atoms with Crippen molar-refractivity contribution in [1.29, 1.82) is 0 Å². The summed E-state index contributed by atoms with van der Waals surface area (Å²) in [5.74, 6) is 0.473. The molecule has 0 aliphatic heterocycles. The zero-order valence-electron chi connectivity index (χ0n) is 14.8. The molecule has 0 atom stereocenters. The van der Waals surface area contributed by atoms with Crippen LogP contribution in [0.4, 0.5) is 5.69 Å². The summed E-state index contributed by atoms with van der Waals surface area (Å²) >= 11 is 0. The van der Waals surface area contributed by atoms with Crippen molar-refractivity contribution in [3.05, 3.63) is 59.7 Å². The molecule has 2 N–H and O–H groups in total. The monoisotopic (exact) mass is 340 g/mol. The Hall–Kier alpha value is -2.82. The van der Waals surface area contributed by atoms with Crippen LogP contribution >= 0.6 is 0 Å². The quantitative estimate of drug-likeness (QED) is 0.812. The van der Waals surface area contributed by atoms with Crippen LogP contribution in [0.2, 0.25) is 0 Å². The highest BCUT2D eigenvalue weighted by molar-refractivity contribution is 6.04.